The van der Waals surface area contributed by atoms with E-state index >= 15 is 0 Å². The molecule has 1 fully saturated rings. The van der Waals surface area contributed by atoms with E-state index in [9.17, 15) is 0 Å². The Bertz CT molecular complexity index is 413. The van der Waals surface area contributed by atoms with Crippen molar-refractivity contribution < 1.29 is 9.26 Å². The van der Waals surface area contributed by atoms with E-state index in [2.05, 4.69) is 29.3 Å². The molecule has 0 bridgehead atoms. The number of nitrogens with zero attached hydrogens (tertiary/aromatic N) is 2. The molecule has 0 aliphatic heterocycles. The number of aryl methyl sites for hydroxylation is 1. The zero-order chi connectivity index (χ0) is 15.1. The number of aromatic nitrogens is 2. The van der Waals surface area contributed by atoms with Crippen LogP contribution in [0.15, 0.2) is 4.52 Å². The van der Waals surface area contributed by atoms with Gasteiger partial charge in [-0.05, 0) is 39.2 Å². The summed E-state index contributed by atoms with van der Waals surface area (Å²) < 4.78 is 11.2. The fourth-order valence-electron chi connectivity index (χ4n) is 3.02. The molecule has 0 spiro atoms. The van der Waals surface area contributed by atoms with E-state index in [0.717, 1.165) is 50.4 Å². The standard InChI is InChI=1S/C16H29N3O2/c1-4-12-17-13(2)8-9-14-18-15(19-21-14)16(20-3)10-6-5-7-11-16/h13,17H,4-12H2,1-3H3. The number of hydrogen-bond acceptors (Lipinski definition) is 5. The Balaban J connectivity index is 1.91. The molecule has 1 aromatic rings. The van der Waals surface area contributed by atoms with E-state index in [4.69, 9.17) is 9.26 Å². The summed E-state index contributed by atoms with van der Waals surface area (Å²) in [6, 6.07) is 0.478. The van der Waals surface area contributed by atoms with E-state index in [-0.39, 0.29) is 5.60 Å². The number of nitrogens with one attached hydrogen (secondary N) is 1. The largest absolute Gasteiger partial charge is 0.370 e. The van der Waals surface area contributed by atoms with Gasteiger partial charge in [0.1, 0.15) is 5.60 Å². The third-order valence-electron chi connectivity index (χ3n) is 4.46. The lowest BCUT2D eigenvalue weighted by Crippen LogP contribution is -2.32. The van der Waals surface area contributed by atoms with Crippen molar-refractivity contribution in [1.82, 2.24) is 15.5 Å². The van der Waals surface area contributed by atoms with Crippen LogP contribution in [-0.4, -0.2) is 29.8 Å². The number of rotatable bonds is 8. The van der Waals surface area contributed by atoms with Gasteiger partial charge in [0.05, 0.1) is 0 Å². The fourth-order valence-corrected chi connectivity index (χ4v) is 3.02. The van der Waals surface area contributed by atoms with Crippen molar-refractivity contribution >= 4 is 0 Å². The first kappa shape index (κ1) is 16.4. The van der Waals surface area contributed by atoms with Gasteiger partial charge in [0.25, 0.3) is 0 Å². The van der Waals surface area contributed by atoms with Crippen LogP contribution < -0.4 is 5.32 Å². The van der Waals surface area contributed by atoms with Crippen LogP contribution >= 0.6 is 0 Å². The van der Waals surface area contributed by atoms with Gasteiger partial charge in [-0.2, -0.15) is 4.98 Å². The van der Waals surface area contributed by atoms with Gasteiger partial charge in [0.2, 0.25) is 11.7 Å². The molecular formula is C16H29N3O2. The average molecular weight is 295 g/mol. The molecule has 1 aliphatic carbocycles. The molecule has 1 atom stereocenters. The normalized spacial score (nSPS) is 19.6. The molecule has 0 radical (unpaired) electrons. The van der Waals surface area contributed by atoms with Crippen molar-refractivity contribution in [2.45, 2.75) is 76.9 Å². The zero-order valence-electron chi connectivity index (χ0n) is 13.7. The first-order valence-electron chi connectivity index (χ1n) is 8.32. The van der Waals surface area contributed by atoms with Crippen LogP contribution in [0.5, 0.6) is 0 Å². The molecule has 1 unspecified atom stereocenters. The molecular weight excluding hydrogens is 266 g/mol. The Hall–Kier alpha value is -0.940. The van der Waals surface area contributed by atoms with Gasteiger partial charge in [-0.1, -0.05) is 31.3 Å². The van der Waals surface area contributed by atoms with Gasteiger partial charge in [0, 0.05) is 19.6 Å². The van der Waals surface area contributed by atoms with Gasteiger partial charge in [-0.25, -0.2) is 0 Å². The first-order chi connectivity index (χ1) is 10.2. The summed E-state index contributed by atoms with van der Waals surface area (Å²) in [5, 5.41) is 7.67. The van der Waals surface area contributed by atoms with E-state index in [1.54, 1.807) is 7.11 Å². The number of hydrogen-bond donors (Lipinski definition) is 1. The molecule has 21 heavy (non-hydrogen) atoms. The number of ether oxygens (including phenoxy) is 1. The minimum atomic E-state index is -0.313. The summed E-state index contributed by atoms with van der Waals surface area (Å²) in [4.78, 5) is 4.60. The van der Waals surface area contributed by atoms with Crippen molar-refractivity contribution in [3.8, 4) is 0 Å². The predicted octanol–water partition coefficient (Wildman–Crippen LogP) is 3.20. The minimum absolute atomic E-state index is 0.313. The summed E-state index contributed by atoms with van der Waals surface area (Å²) in [5.74, 6) is 1.48. The first-order valence-corrected chi connectivity index (χ1v) is 8.32. The van der Waals surface area contributed by atoms with Crippen LogP contribution in [0.3, 0.4) is 0 Å². The molecule has 5 nitrogen and oxygen atoms in total. The highest BCUT2D eigenvalue weighted by molar-refractivity contribution is 5.03. The Labute approximate surface area is 127 Å². The van der Waals surface area contributed by atoms with Crippen LogP contribution in [0.4, 0.5) is 0 Å². The van der Waals surface area contributed by atoms with Crippen LogP contribution in [-0.2, 0) is 16.8 Å². The Morgan fingerprint density at radius 1 is 1.33 bits per heavy atom. The lowest BCUT2D eigenvalue weighted by molar-refractivity contribution is -0.0527. The van der Waals surface area contributed by atoms with Crippen molar-refractivity contribution in [2.24, 2.45) is 0 Å². The van der Waals surface area contributed by atoms with E-state index in [1.807, 2.05) is 0 Å². The predicted molar refractivity (Wildman–Crippen MR) is 82.1 cm³/mol. The van der Waals surface area contributed by atoms with Gasteiger partial charge >= 0.3 is 0 Å². The molecule has 1 heterocycles. The highest BCUT2D eigenvalue weighted by Crippen LogP contribution is 2.38. The average Bonchev–Trinajstić information content (AvgIpc) is 3.01. The highest BCUT2D eigenvalue weighted by Gasteiger charge is 2.38. The van der Waals surface area contributed by atoms with Gasteiger partial charge in [-0.15, -0.1) is 0 Å². The minimum Gasteiger partial charge on any atom is -0.370 e. The van der Waals surface area contributed by atoms with Gasteiger partial charge in [-0.3, -0.25) is 0 Å². The lowest BCUT2D eigenvalue weighted by atomic mass is 9.84. The monoisotopic (exact) mass is 295 g/mol. The molecule has 1 aliphatic rings. The topological polar surface area (TPSA) is 60.2 Å². The second kappa shape index (κ2) is 7.90. The third kappa shape index (κ3) is 4.27. The van der Waals surface area contributed by atoms with E-state index in [1.165, 1.54) is 19.3 Å². The highest BCUT2D eigenvalue weighted by atomic mass is 16.5. The van der Waals surface area contributed by atoms with Crippen molar-refractivity contribution in [3.05, 3.63) is 11.7 Å². The fraction of sp³-hybridized carbons (Fsp3) is 0.875. The molecule has 0 saturated heterocycles. The third-order valence-corrected chi connectivity index (χ3v) is 4.46. The summed E-state index contributed by atoms with van der Waals surface area (Å²) in [7, 11) is 1.76. The summed E-state index contributed by atoms with van der Waals surface area (Å²) in [6.07, 6.45) is 8.62. The maximum Gasteiger partial charge on any atom is 0.226 e. The van der Waals surface area contributed by atoms with Crippen molar-refractivity contribution in [1.29, 1.82) is 0 Å². The molecule has 2 rings (SSSR count). The smallest absolute Gasteiger partial charge is 0.226 e. The van der Waals surface area contributed by atoms with Crippen LogP contribution in [0.2, 0.25) is 0 Å². The van der Waals surface area contributed by atoms with E-state index < -0.39 is 0 Å². The Morgan fingerprint density at radius 2 is 2.10 bits per heavy atom. The van der Waals surface area contributed by atoms with Crippen LogP contribution in [0.25, 0.3) is 0 Å². The Kier molecular flexibility index (Phi) is 6.18. The van der Waals surface area contributed by atoms with Crippen molar-refractivity contribution in [3.63, 3.8) is 0 Å². The zero-order valence-corrected chi connectivity index (χ0v) is 13.7. The molecule has 1 aromatic heterocycles. The van der Waals surface area contributed by atoms with E-state index in [0.29, 0.717) is 6.04 Å². The number of methoxy groups -OCH3 is 1. The SMILES string of the molecule is CCCNC(C)CCc1nc(C2(OC)CCCCC2)no1. The van der Waals surface area contributed by atoms with Gasteiger partial charge in [0.15, 0.2) is 0 Å². The lowest BCUT2D eigenvalue weighted by Gasteiger charge is -2.32. The van der Waals surface area contributed by atoms with Crippen LogP contribution in [0, 0.1) is 0 Å². The second-order valence-corrected chi connectivity index (χ2v) is 6.16. The van der Waals surface area contributed by atoms with Crippen molar-refractivity contribution in [2.75, 3.05) is 13.7 Å². The van der Waals surface area contributed by atoms with Crippen LogP contribution in [0.1, 0.15) is 70.5 Å². The summed E-state index contributed by atoms with van der Waals surface area (Å²) in [5.41, 5.74) is -0.313. The molecule has 1 saturated carbocycles. The molecule has 1 N–H and O–H groups in total. The molecule has 0 amide bonds. The maximum atomic E-state index is 5.76. The summed E-state index contributed by atoms with van der Waals surface area (Å²) >= 11 is 0. The van der Waals surface area contributed by atoms with Gasteiger partial charge < -0.3 is 14.6 Å². The maximum absolute atomic E-state index is 5.76. The summed E-state index contributed by atoms with van der Waals surface area (Å²) in [6.45, 7) is 5.44. The molecule has 120 valence electrons. The second-order valence-electron chi connectivity index (χ2n) is 6.16. The molecule has 0 aromatic carbocycles. The quantitative estimate of drug-likeness (QED) is 0.798. The Morgan fingerprint density at radius 3 is 2.76 bits per heavy atom. The molecule has 5 heteroatoms.